The van der Waals surface area contributed by atoms with Crippen LogP contribution in [0.15, 0.2) is 82.2 Å². The molecule has 0 spiro atoms. The third kappa shape index (κ3) is 4.85. The van der Waals surface area contributed by atoms with E-state index in [0.29, 0.717) is 10.4 Å². The smallest absolute Gasteiger partial charge is 0.258 e. The maximum Gasteiger partial charge on any atom is 0.269 e. The Morgan fingerprint density at radius 2 is 1.76 bits per heavy atom. The van der Waals surface area contributed by atoms with Gasteiger partial charge in [0.05, 0.1) is 33.6 Å². The molecule has 0 saturated heterocycles. The molecule has 0 radical (unpaired) electrons. The van der Waals surface area contributed by atoms with Crippen LogP contribution in [0.1, 0.15) is 29.2 Å². The lowest BCUT2D eigenvalue weighted by molar-refractivity contribution is -0.384. The molecule has 8 heteroatoms. The van der Waals surface area contributed by atoms with Gasteiger partial charge in [-0.05, 0) is 67.8 Å². The fourth-order valence-electron chi connectivity index (χ4n) is 3.36. The first-order chi connectivity index (χ1) is 16.4. The second-order valence-corrected chi connectivity index (χ2v) is 8.63. The second kappa shape index (κ2) is 9.65. The van der Waals surface area contributed by atoms with Crippen LogP contribution in [-0.2, 0) is 0 Å². The highest BCUT2D eigenvalue weighted by Gasteiger charge is 2.12. The Bertz CT molecular complexity index is 1500. The van der Waals surface area contributed by atoms with Crippen molar-refractivity contribution in [2.45, 2.75) is 20.8 Å². The molecule has 1 heterocycles. The number of rotatable bonds is 5. The van der Waals surface area contributed by atoms with E-state index >= 15 is 0 Å². The summed E-state index contributed by atoms with van der Waals surface area (Å²) in [5.74, 6) is 0. The van der Waals surface area contributed by atoms with Gasteiger partial charge in [0.1, 0.15) is 0 Å². The van der Waals surface area contributed by atoms with Gasteiger partial charge in [-0.2, -0.15) is 10.4 Å². The Morgan fingerprint density at radius 3 is 2.41 bits per heavy atom. The number of benzene rings is 3. The Morgan fingerprint density at radius 1 is 1.06 bits per heavy atom. The van der Waals surface area contributed by atoms with Gasteiger partial charge in [-0.3, -0.25) is 10.1 Å². The van der Waals surface area contributed by atoms with Crippen LogP contribution >= 0.6 is 11.3 Å². The molecule has 0 bridgehead atoms. The third-order valence-electron chi connectivity index (χ3n) is 5.32. The van der Waals surface area contributed by atoms with Gasteiger partial charge in [-0.25, -0.2) is 9.67 Å². The van der Waals surface area contributed by atoms with Crippen molar-refractivity contribution in [2.24, 2.45) is 10.1 Å². The van der Waals surface area contributed by atoms with Gasteiger partial charge < -0.3 is 0 Å². The van der Waals surface area contributed by atoms with E-state index in [9.17, 15) is 10.1 Å². The van der Waals surface area contributed by atoms with Gasteiger partial charge in [0.25, 0.3) is 5.69 Å². The van der Waals surface area contributed by atoms with Crippen molar-refractivity contribution >= 4 is 28.4 Å². The molecule has 7 nitrogen and oxygen atoms in total. The molecule has 0 aliphatic carbocycles. The van der Waals surface area contributed by atoms with Gasteiger partial charge in [-0.15, -0.1) is 11.3 Å². The number of nitro benzene ring substituents is 1. The molecule has 3 aromatic carbocycles. The zero-order valence-electron chi connectivity index (χ0n) is 18.9. The number of aryl methyl sites for hydroxylation is 2. The minimum atomic E-state index is -0.417. The van der Waals surface area contributed by atoms with Crippen LogP contribution in [-0.4, -0.2) is 15.3 Å². The van der Waals surface area contributed by atoms with E-state index in [1.807, 2.05) is 56.5 Å². The average molecular weight is 468 g/mol. The lowest BCUT2D eigenvalue weighted by atomic mass is 10.1. The SMILES string of the molecule is CC(=Nn1c(-c2ccc([N+](=O)[O-])cc2)csc1=Nc1cc(C)ccc1C)c1ccc(C#N)cc1. The number of non-ortho nitro benzene ring substituents is 1. The van der Waals surface area contributed by atoms with Crippen molar-refractivity contribution in [3.63, 3.8) is 0 Å². The fourth-order valence-corrected chi connectivity index (χ4v) is 4.21. The summed E-state index contributed by atoms with van der Waals surface area (Å²) in [5, 5.41) is 27.0. The summed E-state index contributed by atoms with van der Waals surface area (Å²) in [5.41, 5.74) is 6.82. The maximum atomic E-state index is 11.1. The zero-order chi connectivity index (χ0) is 24.2. The lowest BCUT2D eigenvalue weighted by Gasteiger charge is -2.07. The first-order valence-corrected chi connectivity index (χ1v) is 11.4. The van der Waals surface area contributed by atoms with Gasteiger partial charge >= 0.3 is 0 Å². The third-order valence-corrected chi connectivity index (χ3v) is 6.14. The van der Waals surface area contributed by atoms with Gasteiger partial charge in [0.2, 0.25) is 4.80 Å². The Labute approximate surface area is 200 Å². The highest BCUT2D eigenvalue weighted by Crippen LogP contribution is 2.25. The lowest BCUT2D eigenvalue weighted by Crippen LogP contribution is -2.14. The summed E-state index contributed by atoms with van der Waals surface area (Å²) < 4.78 is 1.77. The molecule has 4 aromatic rings. The number of aromatic nitrogens is 1. The van der Waals surface area contributed by atoms with Crippen LogP contribution in [0.3, 0.4) is 0 Å². The quantitative estimate of drug-likeness (QED) is 0.201. The summed E-state index contributed by atoms with van der Waals surface area (Å²) in [6, 6.07) is 21.9. The van der Waals surface area contributed by atoms with Gasteiger partial charge in [0, 0.05) is 23.1 Å². The molecule has 0 unspecified atom stereocenters. The Balaban J connectivity index is 1.89. The van der Waals surface area contributed by atoms with E-state index in [1.54, 1.807) is 28.9 Å². The average Bonchev–Trinajstić information content (AvgIpc) is 3.23. The zero-order valence-corrected chi connectivity index (χ0v) is 19.7. The molecular weight excluding hydrogens is 446 g/mol. The molecule has 0 aliphatic rings. The van der Waals surface area contributed by atoms with Gasteiger partial charge in [-0.1, -0.05) is 24.3 Å². The van der Waals surface area contributed by atoms with Crippen LogP contribution < -0.4 is 4.80 Å². The molecule has 0 fully saturated rings. The molecule has 0 amide bonds. The minimum Gasteiger partial charge on any atom is -0.258 e. The fraction of sp³-hybridized carbons (Fsp3) is 0.115. The summed E-state index contributed by atoms with van der Waals surface area (Å²) in [6.07, 6.45) is 0. The normalized spacial score (nSPS) is 11.9. The standard InChI is InChI=1S/C26H21N5O2S/c1-17-4-5-18(2)24(14-17)28-26-30(29-19(3)21-8-6-20(15-27)7-9-21)25(16-34-26)22-10-12-23(13-11-22)31(32)33/h4-14,16H,1-3H3. The predicted octanol–water partition coefficient (Wildman–Crippen LogP) is 6.12. The minimum absolute atomic E-state index is 0.0306. The van der Waals surface area contributed by atoms with Crippen LogP contribution in [0.5, 0.6) is 0 Å². The van der Waals surface area contributed by atoms with Crippen molar-refractivity contribution in [3.8, 4) is 17.3 Å². The Hall–Kier alpha value is -4.35. The summed E-state index contributed by atoms with van der Waals surface area (Å²) in [6.45, 7) is 5.93. The largest absolute Gasteiger partial charge is 0.269 e. The number of nitriles is 1. The molecular formula is C26H21N5O2S. The second-order valence-electron chi connectivity index (χ2n) is 7.80. The van der Waals surface area contributed by atoms with Crippen LogP contribution in [0.2, 0.25) is 0 Å². The first kappa shape index (κ1) is 22.8. The number of thiazole rings is 1. The van der Waals surface area contributed by atoms with E-state index in [2.05, 4.69) is 6.07 Å². The highest BCUT2D eigenvalue weighted by atomic mass is 32.1. The van der Waals surface area contributed by atoms with Crippen molar-refractivity contribution in [2.75, 3.05) is 0 Å². The number of nitrogens with zero attached hydrogens (tertiary/aromatic N) is 5. The van der Waals surface area contributed by atoms with Gasteiger partial charge in [0.15, 0.2) is 0 Å². The molecule has 34 heavy (non-hydrogen) atoms. The Kier molecular flexibility index (Phi) is 6.48. The number of hydrogen-bond acceptors (Lipinski definition) is 6. The summed E-state index contributed by atoms with van der Waals surface area (Å²) >= 11 is 1.45. The van der Waals surface area contributed by atoms with Crippen molar-refractivity contribution in [1.29, 1.82) is 5.26 Å². The summed E-state index contributed by atoms with van der Waals surface area (Å²) in [7, 11) is 0. The van der Waals surface area contributed by atoms with E-state index in [0.717, 1.165) is 39.3 Å². The monoisotopic (exact) mass is 467 g/mol. The molecule has 0 saturated carbocycles. The van der Waals surface area contributed by atoms with E-state index in [1.165, 1.54) is 23.5 Å². The molecule has 4 rings (SSSR count). The van der Waals surface area contributed by atoms with Crippen molar-refractivity contribution in [3.05, 3.63) is 109 Å². The van der Waals surface area contributed by atoms with Crippen LogP contribution in [0.4, 0.5) is 11.4 Å². The molecule has 0 N–H and O–H groups in total. The van der Waals surface area contributed by atoms with Crippen molar-refractivity contribution < 1.29 is 4.92 Å². The highest BCUT2D eigenvalue weighted by molar-refractivity contribution is 7.07. The molecule has 1 aromatic heterocycles. The van der Waals surface area contributed by atoms with E-state index < -0.39 is 4.92 Å². The van der Waals surface area contributed by atoms with E-state index in [4.69, 9.17) is 15.4 Å². The van der Waals surface area contributed by atoms with Crippen molar-refractivity contribution in [1.82, 2.24) is 4.68 Å². The number of nitro groups is 1. The topological polar surface area (TPSA) is 96.6 Å². The number of hydrogen-bond donors (Lipinski definition) is 0. The maximum absolute atomic E-state index is 11.1. The molecule has 168 valence electrons. The van der Waals surface area contributed by atoms with Crippen LogP contribution in [0, 0.1) is 35.3 Å². The summed E-state index contributed by atoms with van der Waals surface area (Å²) in [4.78, 5) is 16.2. The molecule has 0 aliphatic heterocycles. The molecule has 0 atom stereocenters. The van der Waals surface area contributed by atoms with E-state index in [-0.39, 0.29) is 5.69 Å². The van der Waals surface area contributed by atoms with Crippen LogP contribution in [0.25, 0.3) is 11.3 Å². The first-order valence-electron chi connectivity index (χ1n) is 10.5. The predicted molar refractivity (Wildman–Crippen MR) is 134 cm³/mol.